The Morgan fingerprint density at radius 3 is 2.77 bits per heavy atom. The van der Waals surface area contributed by atoms with Crippen molar-refractivity contribution in [2.75, 3.05) is 6.61 Å². The molecule has 0 fully saturated rings. The van der Waals surface area contributed by atoms with Crippen LogP contribution in [0.4, 0.5) is 0 Å². The van der Waals surface area contributed by atoms with Crippen molar-refractivity contribution >= 4 is 23.4 Å². The summed E-state index contributed by atoms with van der Waals surface area (Å²) in [6.07, 6.45) is 5.08. The number of carbonyl (C=O) groups excluding carboxylic acids is 1. The predicted molar refractivity (Wildman–Crippen MR) is 113 cm³/mol. The molecule has 1 aliphatic rings. The van der Waals surface area contributed by atoms with Gasteiger partial charge in [0.05, 0.1) is 28.5 Å². The molecule has 0 amide bonds. The number of pyridine rings is 1. The first-order chi connectivity index (χ1) is 14.5. The van der Waals surface area contributed by atoms with Crippen molar-refractivity contribution in [1.82, 2.24) is 9.55 Å². The quantitative estimate of drug-likeness (QED) is 0.650. The third kappa shape index (κ3) is 3.57. The monoisotopic (exact) mass is 421 g/mol. The lowest BCUT2D eigenvalue weighted by molar-refractivity contribution is -0.139. The second-order valence-corrected chi connectivity index (χ2v) is 7.69. The summed E-state index contributed by atoms with van der Waals surface area (Å²) in [5, 5.41) is 10.0. The molecule has 1 atom stereocenters. The summed E-state index contributed by atoms with van der Waals surface area (Å²) in [6.45, 7) is 3.65. The van der Waals surface area contributed by atoms with Gasteiger partial charge in [0.1, 0.15) is 5.75 Å². The van der Waals surface area contributed by atoms with Crippen molar-refractivity contribution in [2.24, 2.45) is 4.99 Å². The highest BCUT2D eigenvalue weighted by Crippen LogP contribution is 2.32. The normalized spacial score (nSPS) is 16.2. The van der Waals surface area contributed by atoms with Crippen molar-refractivity contribution < 1.29 is 14.6 Å². The van der Waals surface area contributed by atoms with Gasteiger partial charge in [0, 0.05) is 12.4 Å². The van der Waals surface area contributed by atoms with Gasteiger partial charge in [-0.15, -0.1) is 0 Å². The number of fused-ring (bicyclic) bond motifs is 1. The van der Waals surface area contributed by atoms with Gasteiger partial charge in [0.15, 0.2) is 4.80 Å². The molecule has 0 saturated heterocycles. The minimum Gasteiger partial charge on any atom is -0.508 e. The standard InChI is InChI=1S/C22H19N3O4S/c1-3-29-21(28)18-13(2)24-22-25(19(18)15-5-4-6-16(26)12-15)20(27)17(30-22)11-14-7-9-23-10-8-14/h4-12,19,26H,3H2,1-2H3/b17-11-. The first-order valence-corrected chi connectivity index (χ1v) is 10.2. The molecule has 0 radical (unpaired) electrons. The largest absolute Gasteiger partial charge is 0.508 e. The lowest BCUT2D eigenvalue weighted by Crippen LogP contribution is -2.39. The Balaban J connectivity index is 1.98. The number of thiazole rings is 1. The molecule has 0 bridgehead atoms. The number of ether oxygens (including phenoxy) is 1. The maximum Gasteiger partial charge on any atom is 0.338 e. The van der Waals surface area contributed by atoms with Gasteiger partial charge in [-0.05, 0) is 55.3 Å². The van der Waals surface area contributed by atoms with Crippen LogP contribution < -0.4 is 14.9 Å². The number of benzene rings is 1. The minimum absolute atomic E-state index is 0.0456. The molecule has 3 heterocycles. The molecule has 7 nitrogen and oxygen atoms in total. The molecule has 1 aliphatic heterocycles. The number of phenols is 1. The Labute approximate surface area is 175 Å². The molecule has 0 aliphatic carbocycles. The second kappa shape index (κ2) is 8.08. The fourth-order valence-corrected chi connectivity index (χ4v) is 4.46. The average molecular weight is 421 g/mol. The lowest BCUT2D eigenvalue weighted by Gasteiger charge is -2.24. The van der Waals surface area contributed by atoms with E-state index in [1.54, 1.807) is 62.6 Å². The van der Waals surface area contributed by atoms with Crippen LogP contribution in [0.15, 0.2) is 69.8 Å². The average Bonchev–Trinajstić information content (AvgIpc) is 3.02. The second-order valence-electron chi connectivity index (χ2n) is 6.68. The molecule has 1 N–H and O–H groups in total. The van der Waals surface area contributed by atoms with E-state index >= 15 is 0 Å². The zero-order chi connectivity index (χ0) is 21.3. The van der Waals surface area contributed by atoms with Gasteiger partial charge in [0.25, 0.3) is 5.56 Å². The number of phenolic OH excluding ortho intramolecular Hbond substituents is 1. The van der Waals surface area contributed by atoms with Gasteiger partial charge in [-0.25, -0.2) is 9.79 Å². The minimum atomic E-state index is -0.744. The number of allylic oxidation sites excluding steroid dienone is 1. The third-order valence-electron chi connectivity index (χ3n) is 4.71. The summed E-state index contributed by atoms with van der Waals surface area (Å²) >= 11 is 1.25. The highest BCUT2D eigenvalue weighted by Gasteiger charge is 2.33. The van der Waals surface area contributed by atoms with E-state index in [4.69, 9.17) is 4.74 Å². The van der Waals surface area contributed by atoms with Crippen LogP contribution in [0.25, 0.3) is 6.08 Å². The van der Waals surface area contributed by atoms with E-state index in [0.29, 0.717) is 20.6 Å². The van der Waals surface area contributed by atoms with E-state index in [1.807, 2.05) is 0 Å². The Bertz CT molecular complexity index is 1320. The fourth-order valence-electron chi connectivity index (χ4n) is 3.41. The SMILES string of the molecule is CCOC(=O)C1=C(C)N=c2s/c(=C\c3ccncc3)c(=O)n2C1c1cccc(O)c1. The highest BCUT2D eigenvalue weighted by atomic mass is 32.1. The zero-order valence-electron chi connectivity index (χ0n) is 16.4. The highest BCUT2D eigenvalue weighted by molar-refractivity contribution is 7.07. The Morgan fingerprint density at radius 2 is 2.07 bits per heavy atom. The number of hydrogen-bond donors (Lipinski definition) is 1. The Hall–Kier alpha value is -3.52. The van der Waals surface area contributed by atoms with Gasteiger partial charge >= 0.3 is 5.97 Å². The van der Waals surface area contributed by atoms with E-state index in [0.717, 1.165) is 5.56 Å². The van der Waals surface area contributed by atoms with Crippen LogP contribution in [0.3, 0.4) is 0 Å². The van der Waals surface area contributed by atoms with E-state index in [1.165, 1.54) is 22.0 Å². The third-order valence-corrected chi connectivity index (χ3v) is 5.69. The van der Waals surface area contributed by atoms with Crippen LogP contribution in [0.2, 0.25) is 0 Å². The van der Waals surface area contributed by atoms with Crippen molar-refractivity contribution in [3.63, 3.8) is 0 Å². The number of aromatic nitrogens is 2. The summed E-state index contributed by atoms with van der Waals surface area (Å²) in [5.74, 6) is -0.486. The molecule has 0 saturated carbocycles. The van der Waals surface area contributed by atoms with Gasteiger partial charge in [-0.2, -0.15) is 0 Å². The van der Waals surface area contributed by atoms with Crippen LogP contribution in [-0.4, -0.2) is 27.2 Å². The number of carbonyl (C=O) groups is 1. The van der Waals surface area contributed by atoms with E-state index in [-0.39, 0.29) is 23.5 Å². The van der Waals surface area contributed by atoms with Gasteiger partial charge in [-0.3, -0.25) is 14.3 Å². The van der Waals surface area contributed by atoms with Gasteiger partial charge in [-0.1, -0.05) is 23.5 Å². The summed E-state index contributed by atoms with van der Waals surface area (Å²) in [6, 6.07) is 9.39. The molecular weight excluding hydrogens is 402 g/mol. The Kier molecular flexibility index (Phi) is 5.33. The lowest BCUT2D eigenvalue weighted by atomic mass is 9.96. The molecule has 1 unspecified atom stereocenters. The molecule has 1 aromatic carbocycles. The molecular formula is C22H19N3O4S. The Morgan fingerprint density at radius 1 is 1.30 bits per heavy atom. The van der Waals surface area contributed by atoms with E-state index in [2.05, 4.69) is 9.98 Å². The van der Waals surface area contributed by atoms with Crippen LogP contribution >= 0.6 is 11.3 Å². The predicted octanol–water partition coefficient (Wildman–Crippen LogP) is 1.90. The van der Waals surface area contributed by atoms with Crippen molar-refractivity contribution in [1.29, 1.82) is 0 Å². The van der Waals surface area contributed by atoms with Crippen molar-refractivity contribution in [3.05, 3.63) is 90.9 Å². The number of aromatic hydroxyl groups is 1. The molecule has 8 heteroatoms. The number of rotatable bonds is 4. The smallest absolute Gasteiger partial charge is 0.338 e. The van der Waals surface area contributed by atoms with Gasteiger partial charge in [0.2, 0.25) is 0 Å². The van der Waals surface area contributed by atoms with Crippen molar-refractivity contribution in [3.8, 4) is 5.75 Å². The van der Waals surface area contributed by atoms with Gasteiger partial charge < -0.3 is 9.84 Å². The molecule has 0 spiro atoms. The molecule has 2 aromatic heterocycles. The molecule has 3 aromatic rings. The fraction of sp³-hybridized carbons (Fsp3) is 0.182. The number of hydrogen-bond acceptors (Lipinski definition) is 7. The summed E-state index contributed by atoms with van der Waals surface area (Å²) < 4.78 is 7.23. The first kappa shape index (κ1) is 19.8. The zero-order valence-corrected chi connectivity index (χ0v) is 17.2. The first-order valence-electron chi connectivity index (χ1n) is 9.38. The topological polar surface area (TPSA) is 93.8 Å². The van der Waals surface area contributed by atoms with Crippen LogP contribution in [0, 0.1) is 0 Å². The summed E-state index contributed by atoms with van der Waals surface area (Å²) in [5.41, 5.74) is 1.94. The number of nitrogens with zero attached hydrogens (tertiary/aromatic N) is 3. The molecule has 4 rings (SSSR count). The molecule has 152 valence electrons. The molecule has 30 heavy (non-hydrogen) atoms. The number of esters is 1. The van der Waals surface area contributed by atoms with E-state index in [9.17, 15) is 14.7 Å². The maximum absolute atomic E-state index is 13.3. The summed E-state index contributed by atoms with van der Waals surface area (Å²) in [4.78, 5) is 35.1. The van der Waals surface area contributed by atoms with Crippen LogP contribution in [0.1, 0.15) is 31.0 Å². The summed E-state index contributed by atoms with van der Waals surface area (Å²) in [7, 11) is 0. The van der Waals surface area contributed by atoms with Crippen LogP contribution in [0.5, 0.6) is 5.75 Å². The van der Waals surface area contributed by atoms with Crippen molar-refractivity contribution in [2.45, 2.75) is 19.9 Å². The van der Waals surface area contributed by atoms with E-state index < -0.39 is 12.0 Å². The maximum atomic E-state index is 13.3. The van der Waals surface area contributed by atoms with Crippen LogP contribution in [-0.2, 0) is 9.53 Å².